The van der Waals surface area contributed by atoms with Gasteiger partial charge in [0.05, 0.1) is 0 Å². The first-order valence-electron chi connectivity index (χ1n) is 8.30. The first-order valence-corrected chi connectivity index (χ1v) is 8.30. The van der Waals surface area contributed by atoms with Gasteiger partial charge in [-0.25, -0.2) is 5.84 Å². The molecule has 0 aliphatic heterocycles. The van der Waals surface area contributed by atoms with Gasteiger partial charge in [-0.05, 0) is 45.8 Å². The molecule has 0 unspecified atom stereocenters. The van der Waals surface area contributed by atoms with Crippen LogP contribution in [0.5, 0.6) is 0 Å². The highest BCUT2D eigenvalue weighted by Crippen LogP contribution is 2.31. The number of nitrogens with zero attached hydrogens (tertiary/aromatic N) is 2. The molecular formula is C16H31N3O2. The summed E-state index contributed by atoms with van der Waals surface area (Å²) < 4.78 is 0. The molecule has 5 heteroatoms. The van der Waals surface area contributed by atoms with Gasteiger partial charge in [0.25, 0.3) is 0 Å². The molecule has 1 rings (SSSR count). The van der Waals surface area contributed by atoms with Gasteiger partial charge in [0, 0.05) is 18.4 Å². The molecule has 0 aromatic carbocycles. The Morgan fingerprint density at radius 1 is 1.05 bits per heavy atom. The van der Waals surface area contributed by atoms with Crippen LogP contribution in [0.3, 0.4) is 0 Å². The van der Waals surface area contributed by atoms with Crippen LogP contribution in [0.1, 0.15) is 52.9 Å². The molecule has 2 atom stereocenters. The second kappa shape index (κ2) is 9.15. The molecule has 1 fully saturated rings. The van der Waals surface area contributed by atoms with E-state index >= 15 is 0 Å². The van der Waals surface area contributed by atoms with Crippen molar-refractivity contribution in [2.24, 2.45) is 17.7 Å². The van der Waals surface area contributed by atoms with E-state index in [1.807, 2.05) is 0 Å². The Labute approximate surface area is 128 Å². The molecule has 0 heterocycles. The van der Waals surface area contributed by atoms with E-state index in [1.165, 1.54) is 5.01 Å². The van der Waals surface area contributed by atoms with Gasteiger partial charge in [0.1, 0.15) is 5.78 Å². The normalized spacial score (nSPS) is 22.3. The Morgan fingerprint density at radius 2 is 1.62 bits per heavy atom. The molecule has 2 N–H and O–H groups in total. The molecule has 21 heavy (non-hydrogen) atoms. The van der Waals surface area contributed by atoms with Crippen LogP contribution in [0.2, 0.25) is 0 Å². The summed E-state index contributed by atoms with van der Waals surface area (Å²) in [6.07, 6.45) is 4.57. The maximum absolute atomic E-state index is 12.5. The van der Waals surface area contributed by atoms with Crippen molar-refractivity contribution in [3.8, 4) is 0 Å². The van der Waals surface area contributed by atoms with E-state index in [1.54, 1.807) is 6.92 Å². The quantitative estimate of drug-likeness (QED) is 0.421. The first-order chi connectivity index (χ1) is 10.0. The molecule has 0 aromatic rings. The lowest BCUT2D eigenvalue weighted by molar-refractivity contribution is -0.142. The van der Waals surface area contributed by atoms with Gasteiger partial charge in [0.15, 0.2) is 0 Å². The fraction of sp³-hybridized carbons (Fsp3) is 0.875. The SMILES string of the molecule is CCN(CC)CCCN(N)C(=O)[C@H]1CCCC[C@H]1C(C)=O. The number of hydrazine groups is 1. The van der Waals surface area contributed by atoms with Crippen LogP contribution in [0.15, 0.2) is 0 Å². The van der Waals surface area contributed by atoms with E-state index in [0.29, 0.717) is 6.54 Å². The summed E-state index contributed by atoms with van der Waals surface area (Å²) in [7, 11) is 0. The summed E-state index contributed by atoms with van der Waals surface area (Å²) in [5.74, 6) is 5.69. The number of rotatable bonds is 8. The third-order valence-corrected chi connectivity index (χ3v) is 4.66. The van der Waals surface area contributed by atoms with E-state index in [4.69, 9.17) is 5.84 Å². The van der Waals surface area contributed by atoms with Crippen molar-refractivity contribution in [2.45, 2.75) is 52.9 Å². The van der Waals surface area contributed by atoms with E-state index < -0.39 is 0 Å². The molecule has 1 amide bonds. The lowest BCUT2D eigenvalue weighted by atomic mass is 9.76. The Bertz CT molecular complexity index is 342. The molecule has 0 bridgehead atoms. The summed E-state index contributed by atoms with van der Waals surface area (Å²) in [6, 6.07) is 0. The van der Waals surface area contributed by atoms with Crippen LogP contribution < -0.4 is 5.84 Å². The summed E-state index contributed by atoms with van der Waals surface area (Å²) in [4.78, 5) is 26.5. The van der Waals surface area contributed by atoms with Crippen molar-refractivity contribution in [2.75, 3.05) is 26.2 Å². The fourth-order valence-electron chi connectivity index (χ4n) is 3.24. The second-order valence-corrected chi connectivity index (χ2v) is 6.02. The van der Waals surface area contributed by atoms with Gasteiger partial charge in [-0.1, -0.05) is 26.7 Å². The number of nitrogens with two attached hydrogens (primary N) is 1. The minimum absolute atomic E-state index is 0.0468. The largest absolute Gasteiger partial charge is 0.304 e. The second-order valence-electron chi connectivity index (χ2n) is 6.02. The van der Waals surface area contributed by atoms with E-state index in [9.17, 15) is 9.59 Å². The van der Waals surface area contributed by atoms with E-state index in [0.717, 1.165) is 51.7 Å². The fourth-order valence-corrected chi connectivity index (χ4v) is 3.24. The van der Waals surface area contributed by atoms with Gasteiger partial charge in [-0.15, -0.1) is 0 Å². The lowest BCUT2D eigenvalue weighted by Crippen LogP contribution is -2.46. The summed E-state index contributed by atoms with van der Waals surface area (Å²) >= 11 is 0. The van der Waals surface area contributed by atoms with Crippen molar-refractivity contribution >= 4 is 11.7 Å². The average molecular weight is 297 g/mol. The molecule has 122 valence electrons. The molecule has 0 aromatic heterocycles. The highest BCUT2D eigenvalue weighted by atomic mass is 16.2. The molecule has 0 spiro atoms. The topological polar surface area (TPSA) is 66.6 Å². The van der Waals surface area contributed by atoms with E-state index in [2.05, 4.69) is 18.7 Å². The molecule has 0 radical (unpaired) electrons. The van der Waals surface area contributed by atoms with Crippen LogP contribution in [-0.4, -0.2) is 47.8 Å². The third-order valence-electron chi connectivity index (χ3n) is 4.66. The number of Topliss-reactive ketones (excluding diaryl/α,β-unsaturated/α-hetero) is 1. The number of hydrogen-bond donors (Lipinski definition) is 1. The van der Waals surface area contributed by atoms with Crippen molar-refractivity contribution in [1.29, 1.82) is 0 Å². The number of hydrogen-bond acceptors (Lipinski definition) is 4. The minimum atomic E-state index is -0.199. The molecule has 1 aliphatic carbocycles. The molecular weight excluding hydrogens is 266 g/mol. The zero-order valence-electron chi connectivity index (χ0n) is 13.8. The molecule has 1 aliphatic rings. The number of ketones is 1. The van der Waals surface area contributed by atoms with Crippen molar-refractivity contribution in [3.05, 3.63) is 0 Å². The third kappa shape index (κ3) is 5.40. The van der Waals surface area contributed by atoms with Crippen molar-refractivity contribution in [1.82, 2.24) is 9.91 Å². The van der Waals surface area contributed by atoms with Crippen LogP contribution in [0.4, 0.5) is 0 Å². The average Bonchev–Trinajstić information content (AvgIpc) is 2.50. The minimum Gasteiger partial charge on any atom is -0.304 e. The molecule has 5 nitrogen and oxygen atoms in total. The monoisotopic (exact) mass is 297 g/mol. The summed E-state index contributed by atoms with van der Waals surface area (Å²) in [5, 5.41) is 1.34. The predicted molar refractivity (Wildman–Crippen MR) is 84.4 cm³/mol. The van der Waals surface area contributed by atoms with Gasteiger partial charge in [-0.3, -0.25) is 14.6 Å². The zero-order valence-corrected chi connectivity index (χ0v) is 13.8. The highest BCUT2D eigenvalue weighted by molar-refractivity contribution is 5.87. The maximum atomic E-state index is 12.5. The van der Waals surface area contributed by atoms with Crippen LogP contribution in [0, 0.1) is 11.8 Å². The molecule has 1 saturated carbocycles. The van der Waals surface area contributed by atoms with Gasteiger partial charge in [-0.2, -0.15) is 0 Å². The standard InChI is InChI=1S/C16H31N3O2/c1-4-18(5-2)11-8-12-19(17)16(21)15-10-7-6-9-14(15)13(3)20/h14-15H,4-12,17H2,1-3H3/t14-,15-/m0/s1. The Balaban J connectivity index is 2.46. The van der Waals surface area contributed by atoms with Crippen LogP contribution >= 0.6 is 0 Å². The number of carbonyl (C=O) groups is 2. The van der Waals surface area contributed by atoms with Gasteiger partial charge < -0.3 is 4.90 Å². The Hall–Kier alpha value is -0.940. The van der Waals surface area contributed by atoms with Crippen molar-refractivity contribution < 1.29 is 9.59 Å². The highest BCUT2D eigenvalue weighted by Gasteiger charge is 2.35. The van der Waals surface area contributed by atoms with Crippen LogP contribution in [0.25, 0.3) is 0 Å². The Morgan fingerprint density at radius 3 is 2.14 bits per heavy atom. The molecule has 0 saturated heterocycles. The number of amides is 1. The van der Waals surface area contributed by atoms with E-state index in [-0.39, 0.29) is 23.5 Å². The smallest absolute Gasteiger partial charge is 0.240 e. The lowest BCUT2D eigenvalue weighted by Gasteiger charge is -2.31. The van der Waals surface area contributed by atoms with Crippen LogP contribution in [-0.2, 0) is 9.59 Å². The van der Waals surface area contributed by atoms with Crippen molar-refractivity contribution in [3.63, 3.8) is 0 Å². The first kappa shape index (κ1) is 18.1. The number of carbonyl (C=O) groups excluding carboxylic acids is 2. The Kier molecular flexibility index (Phi) is 7.89. The summed E-state index contributed by atoms with van der Waals surface area (Å²) in [5.41, 5.74) is 0. The zero-order chi connectivity index (χ0) is 15.8. The maximum Gasteiger partial charge on any atom is 0.240 e. The van der Waals surface area contributed by atoms with Gasteiger partial charge >= 0.3 is 0 Å². The summed E-state index contributed by atoms with van der Waals surface area (Å²) in [6.45, 7) is 9.42. The predicted octanol–water partition coefficient (Wildman–Crippen LogP) is 1.82. The van der Waals surface area contributed by atoms with Gasteiger partial charge in [0.2, 0.25) is 5.91 Å².